The molecule has 1 saturated heterocycles. The number of aliphatic hydroxyl groups excluding tert-OH is 1. The van der Waals surface area contributed by atoms with Gasteiger partial charge in [-0.05, 0) is 37.5 Å². The SMILES string of the molecule is COc1cccc(CN2C(=O)Cc3c(N4CCC(O)CC4)nc(Nc4nc(C)c(C(=O)O)s4)nc32)c1. The molecule has 0 aliphatic carbocycles. The molecule has 2 aromatic heterocycles. The summed E-state index contributed by atoms with van der Waals surface area (Å²) in [6.45, 7) is 3.16. The standard InChI is InChI=1S/C24H26N6O5S/c1-13-19(22(33)34)36-24(25-13)28-23-26-20(29-8-6-15(31)7-9-29)17-11-18(32)30(21(17)27-23)12-14-4-3-5-16(10-14)35-2/h3-5,10,15,31H,6-9,11-12H2,1-2H3,(H,33,34)(H,25,26,27,28). The number of benzene rings is 1. The molecule has 1 amide bonds. The number of nitrogens with zero attached hydrogens (tertiary/aromatic N) is 5. The number of aromatic carboxylic acids is 1. The maximum atomic E-state index is 13.1. The Balaban J connectivity index is 1.53. The van der Waals surface area contributed by atoms with Crippen molar-refractivity contribution in [3.05, 3.63) is 46.0 Å². The number of hydrogen-bond acceptors (Lipinski definition) is 10. The molecule has 36 heavy (non-hydrogen) atoms. The second kappa shape index (κ2) is 9.70. The van der Waals surface area contributed by atoms with Crippen molar-refractivity contribution < 1.29 is 24.5 Å². The number of amides is 1. The lowest BCUT2D eigenvalue weighted by atomic mass is 10.1. The van der Waals surface area contributed by atoms with Crippen molar-refractivity contribution in [3.8, 4) is 5.75 Å². The number of fused-ring (bicyclic) bond motifs is 1. The van der Waals surface area contributed by atoms with Crippen molar-refractivity contribution in [1.82, 2.24) is 15.0 Å². The van der Waals surface area contributed by atoms with E-state index < -0.39 is 5.97 Å². The highest BCUT2D eigenvalue weighted by Gasteiger charge is 2.35. The van der Waals surface area contributed by atoms with Gasteiger partial charge < -0.3 is 19.8 Å². The van der Waals surface area contributed by atoms with E-state index in [1.54, 1.807) is 18.9 Å². The highest BCUT2D eigenvalue weighted by Crippen LogP contribution is 2.37. The molecule has 0 spiro atoms. The third-order valence-corrected chi connectivity index (χ3v) is 7.36. The third-order valence-electron chi connectivity index (χ3n) is 6.30. The van der Waals surface area contributed by atoms with Crippen molar-refractivity contribution in [2.45, 2.75) is 38.8 Å². The summed E-state index contributed by atoms with van der Waals surface area (Å²) in [4.78, 5) is 42.1. The zero-order chi connectivity index (χ0) is 25.4. The van der Waals surface area contributed by atoms with E-state index in [9.17, 15) is 19.8 Å². The van der Waals surface area contributed by atoms with Gasteiger partial charge in [0.15, 0.2) is 5.13 Å². The highest BCUT2D eigenvalue weighted by molar-refractivity contribution is 7.17. The van der Waals surface area contributed by atoms with Gasteiger partial charge in [-0.1, -0.05) is 23.5 Å². The fourth-order valence-corrected chi connectivity index (χ4v) is 5.26. The maximum Gasteiger partial charge on any atom is 0.347 e. The minimum Gasteiger partial charge on any atom is -0.497 e. The van der Waals surface area contributed by atoms with Crippen LogP contribution in [0.15, 0.2) is 24.3 Å². The number of hydrogen-bond donors (Lipinski definition) is 3. The van der Waals surface area contributed by atoms with Gasteiger partial charge in [-0.25, -0.2) is 9.78 Å². The van der Waals surface area contributed by atoms with Crippen LogP contribution in [0.4, 0.5) is 22.7 Å². The smallest absolute Gasteiger partial charge is 0.347 e. The first kappa shape index (κ1) is 23.9. The number of carboxylic acid groups (broad SMARTS) is 1. The number of methoxy groups -OCH3 is 1. The molecule has 2 aliphatic rings. The number of carbonyl (C=O) groups excluding carboxylic acids is 1. The van der Waals surface area contributed by atoms with Gasteiger partial charge in [-0.3, -0.25) is 15.0 Å². The van der Waals surface area contributed by atoms with E-state index in [1.165, 1.54) is 0 Å². The van der Waals surface area contributed by atoms with Gasteiger partial charge in [0, 0.05) is 18.7 Å². The monoisotopic (exact) mass is 510 g/mol. The number of aliphatic hydroxyl groups is 1. The van der Waals surface area contributed by atoms with E-state index in [0.29, 0.717) is 60.7 Å². The molecule has 5 rings (SSSR count). The van der Waals surface area contributed by atoms with Gasteiger partial charge in [-0.2, -0.15) is 9.97 Å². The van der Waals surface area contributed by atoms with Crippen LogP contribution in [0.3, 0.4) is 0 Å². The molecule has 4 heterocycles. The Morgan fingerprint density at radius 3 is 2.67 bits per heavy atom. The zero-order valence-electron chi connectivity index (χ0n) is 19.9. The van der Waals surface area contributed by atoms with Crippen LogP contribution < -0.4 is 19.9 Å². The van der Waals surface area contributed by atoms with Crippen LogP contribution in [0, 0.1) is 6.92 Å². The van der Waals surface area contributed by atoms with Crippen LogP contribution >= 0.6 is 11.3 Å². The van der Waals surface area contributed by atoms with Crippen LogP contribution in [0.2, 0.25) is 0 Å². The molecule has 0 radical (unpaired) electrons. The minimum absolute atomic E-state index is 0.0872. The summed E-state index contributed by atoms with van der Waals surface area (Å²) in [5.74, 6) is 0.943. The number of aromatic nitrogens is 3. The predicted molar refractivity (Wildman–Crippen MR) is 134 cm³/mol. The quantitative estimate of drug-likeness (QED) is 0.434. The van der Waals surface area contributed by atoms with Crippen molar-refractivity contribution in [2.24, 2.45) is 0 Å². The molecule has 1 aromatic carbocycles. The van der Waals surface area contributed by atoms with E-state index in [4.69, 9.17) is 9.72 Å². The topological polar surface area (TPSA) is 141 Å². The minimum atomic E-state index is -1.05. The van der Waals surface area contributed by atoms with Crippen LogP contribution in [-0.2, 0) is 17.8 Å². The van der Waals surface area contributed by atoms with E-state index in [1.807, 2.05) is 24.3 Å². The van der Waals surface area contributed by atoms with Crippen LogP contribution in [0.5, 0.6) is 5.75 Å². The molecule has 3 N–H and O–H groups in total. The van der Waals surface area contributed by atoms with Crippen molar-refractivity contribution >= 4 is 45.9 Å². The Bertz CT molecular complexity index is 1320. The molecule has 11 nitrogen and oxygen atoms in total. The lowest BCUT2D eigenvalue weighted by Crippen LogP contribution is -2.37. The number of rotatable bonds is 7. The number of thiazole rings is 1. The summed E-state index contributed by atoms with van der Waals surface area (Å²) in [7, 11) is 1.60. The molecule has 2 aliphatic heterocycles. The molecule has 0 atom stereocenters. The van der Waals surface area contributed by atoms with Gasteiger partial charge in [0.1, 0.15) is 22.3 Å². The van der Waals surface area contributed by atoms with E-state index >= 15 is 0 Å². The summed E-state index contributed by atoms with van der Waals surface area (Å²) < 4.78 is 5.32. The van der Waals surface area contributed by atoms with Crippen molar-refractivity contribution in [1.29, 1.82) is 0 Å². The number of aryl methyl sites for hydroxylation is 1. The maximum absolute atomic E-state index is 13.1. The first-order valence-electron chi connectivity index (χ1n) is 11.6. The second-order valence-electron chi connectivity index (χ2n) is 8.76. The van der Waals surface area contributed by atoms with Crippen LogP contribution in [0.1, 0.15) is 39.3 Å². The lowest BCUT2D eigenvalue weighted by Gasteiger charge is -2.31. The fourth-order valence-electron chi connectivity index (χ4n) is 4.46. The first-order valence-corrected chi connectivity index (χ1v) is 12.4. The molecule has 12 heteroatoms. The zero-order valence-corrected chi connectivity index (χ0v) is 20.7. The van der Waals surface area contributed by atoms with Gasteiger partial charge in [-0.15, -0.1) is 0 Å². The van der Waals surface area contributed by atoms with Gasteiger partial charge in [0.05, 0.1) is 31.9 Å². The first-order chi connectivity index (χ1) is 17.3. The van der Waals surface area contributed by atoms with E-state index in [0.717, 1.165) is 22.5 Å². The van der Waals surface area contributed by atoms with Gasteiger partial charge in [0.2, 0.25) is 11.9 Å². The molecule has 0 bridgehead atoms. The number of ether oxygens (including phenoxy) is 1. The summed E-state index contributed by atoms with van der Waals surface area (Å²) >= 11 is 1.00. The van der Waals surface area contributed by atoms with Crippen molar-refractivity contribution in [2.75, 3.05) is 35.3 Å². The van der Waals surface area contributed by atoms with E-state index in [-0.39, 0.29) is 29.3 Å². The van der Waals surface area contributed by atoms with Gasteiger partial charge >= 0.3 is 5.97 Å². The lowest BCUT2D eigenvalue weighted by molar-refractivity contribution is -0.117. The normalized spacial score (nSPS) is 15.8. The number of piperidine rings is 1. The van der Waals surface area contributed by atoms with Crippen LogP contribution in [-0.4, -0.2) is 63.3 Å². The Morgan fingerprint density at radius 1 is 1.22 bits per heavy atom. The average Bonchev–Trinajstić information content (AvgIpc) is 3.38. The summed E-state index contributed by atoms with van der Waals surface area (Å²) in [5.41, 5.74) is 2.04. The molecule has 188 valence electrons. The van der Waals surface area contributed by atoms with Gasteiger partial charge in [0.25, 0.3) is 0 Å². The Kier molecular flexibility index (Phi) is 6.46. The fraction of sp³-hybridized carbons (Fsp3) is 0.375. The molecular formula is C24H26N6O5S. The summed E-state index contributed by atoms with van der Waals surface area (Å²) in [5, 5.41) is 22.8. The molecule has 0 saturated carbocycles. The predicted octanol–water partition coefficient (Wildman–Crippen LogP) is 2.74. The summed E-state index contributed by atoms with van der Waals surface area (Å²) in [6.07, 6.45) is 1.04. The highest BCUT2D eigenvalue weighted by atomic mass is 32.1. The number of nitrogens with one attached hydrogen (secondary N) is 1. The van der Waals surface area contributed by atoms with E-state index in [2.05, 4.69) is 20.2 Å². The average molecular weight is 511 g/mol. The third kappa shape index (κ3) is 4.69. The summed E-state index contributed by atoms with van der Waals surface area (Å²) in [6, 6.07) is 7.52. The molecule has 1 fully saturated rings. The molecular weight excluding hydrogens is 484 g/mol. The Hall–Kier alpha value is -3.77. The number of carboxylic acids is 1. The van der Waals surface area contributed by atoms with Crippen LogP contribution in [0.25, 0.3) is 0 Å². The molecule has 0 unspecified atom stereocenters. The Labute approximate surface area is 211 Å². The Morgan fingerprint density at radius 2 is 1.97 bits per heavy atom. The number of anilines is 4. The number of carbonyl (C=O) groups is 2. The van der Waals surface area contributed by atoms with Crippen molar-refractivity contribution in [3.63, 3.8) is 0 Å². The largest absolute Gasteiger partial charge is 0.497 e. The molecule has 3 aromatic rings. The second-order valence-corrected chi connectivity index (χ2v) is 9.76.